The molecule has 0 saturated carbocycles. The summed E-state index contributed by atoms with van der Waals surface area (Å²) < 4.78 is 8.19. The van der Waals surface area contributed by atoms with Gasteiger partial charge in [-0.05, 0) is 13.0 Å². The summed E-state index contributed by atoms with van der Waals surface area (Å²) in [5, 5.41) is 7.14. The van der Waals surface area contributed by atoms with E-state index >= 15 is 0 Å². The van der Waals surface area contributed by atoms with Crippen molar-refractivity contribution in [2.24, 2.45) is 7.05 Å². The zero-order valence-electron chi connectivity index (χ0n) is 14.0. The lowest BCUT2D eigenvalue weighted by Gasteiger charge is -2.10. The van der Waals surface area contributed by atoms with Gasteiger partial charge in [0.15, 0.2) is 5.65 Å². The number of hydrogen-bond donors (Lipinski definition) is 1. The first kappa shape index (κ1) is 16.6. The average molecular weight is 342 g/mol. The number of pyridine rings is 1. The van der Waals surface area contributed by atoms with Gasteiger partial charge in [0.1, 0.15) is 18.3 Å². The number of rotatable bonds is 6. The van der Waals surface area contributed by atoms with Crippen LogP contribution >= 0.6 is 0 Å². The minimum Gasteiger partial charge on any atom is -0.478 e. The number of nitrogens with one attached hydrogen (secondary N) is 1. The van der Waals surface area contributed by atoms with E-state index in [2.05, 4.69) is 20.4 Å². The Hall–Kier alpha value is -3.23. The number of amides is 1. The molecule has 130 valence electrons. The Balaban J connectivity index is 1.69. The number of aryl methyl sites for hydroxylation is 1. The Morgan fingerprint density at radius 1 is 1.36 bits per heavy atom. The third-order valence-electron chi connectivity index (χ3n) is 3.64. The van der Waals surface area contributed by atoms with Crippen LogP contribution in [0.3, 0.4) is 0 Å². The first-order chi connectivity index (χ1) is 12.1. The number of carbonyl (C=O) groups is 1. The highest BCUT2D eigenvalue weighted by atomic mass is 16.5. The zero-order chi connectivity index (χ0) is 17.8. The molecule has 0 fully saturated rings. The quantitative estimate of drug-likeness (QED) is 0.688. The summed E-state index contributed by atoms with van der Waals surface area (Å²) >= 11 is 0. The van der Waals surface area contributed by atoms with Gasteiger partial charge in [-0.3, -0.25) is 18.8 Å². The molecule has 3 aromatic heterocycles. The van der Waals surface area contributed by atoms with Crippen molar-refractivity contribution in [2.45, 2.75) is 20.0 Å². The minimum absolute atomic E-state index is 0.124. The van der Waals surface area contributed by atoms with Gasteiger partial charge in [0.05, 0.1) is 12.8 Å². The smallest absolute Gasteiger partial charge is 0.264 e. The molecular formula is C16H18N6O3. The molecule has 0 bridgehead atoms. The van der Waals surface area contributed by atoms with Gasteiger partial charge in [-0.25, -0.2) is 9.97 Å². The number of aromatic nitrogens is 5. The molecule has 1 N–H and O–H groups in total. The van der Waals surface area contributed by atoms with Crippen molar-refractivity contribution in [3.63, 3.8) is 0 Å². The fourth-order valence-corrected chi connectivity index (χ4v) is 2.41. The number of carbonyl (C=O) groups excluding carboxylic acids is 1. The molecule has 0 spiro atoms. The third-order valence-corrected chi connectivity index (χ3v) is 3.64. The van der Waals surface area contributed by atoms with Crippen LogP contribution in [0, 0.1) is 0 Å². The van der Waals surface area contributed by atoms with Crippen LogP contribution in [-0.2, 0) is 24.9 Å². The van der Waals surface area contributed by atoms with E-state index in [9.17, 15) is 9.59 Å². The van der Waals surface area contributed by atoms with E-state index in [1.54, 1.807) is 19.3 Å². The van der Waals surface area contributed by atoms with Gasteiger partial charge >= 0.3 is 0 Å². The maximum atomic E-state index is 12.4. The van der Waals surface area contributed by atoms with Crippen molar-refractivity contribution in [1.29, 1.82) is 0 Å². The molecule has 3 rings (SSSR count). The number of hydrogen-bond acceptors (Lipinski definition) is 6. The van der Waals surface area contributed by atoms with Gasteiger partial charge in [0.25, 0.3) is 5.56 Å². The summed E-state index contributed by atoms with van der Waals surface area (Å²) in [6.45, 7) is 2.50. The van der Waals surface area contributed by atoms with Crippen molar-refractivity contribution in [3.05, 3.63) is 46.8 Å². The zero-order valence-corrected chi connectivity index (χ0v) is 14.0. The van der Waals surface area contributed by atoms with E-state index in [4.69, 9.17) is 4.74 Å². The molecule has 25 heavy (non-hydrogen) atoms. The molecule has 9 nitrogen and oxygen atoms in total. The highest BCUT2D eigenvalue weighted by Gasteiger charge is 2.11. The van der Waals surface area contributed by atoms with E-state index in [-0.39, 0.29) is 24.6 Å². The fraction of sp³-hybridized carbons (Fsp3) is 0.312. The van der Waals surface area contributed by atoms with Crippen molar-refractivity contribution in [1.82, 2.24) is 29.6 Å². The topological polar surface area (TPSA) is 104 Å². The van der Waals surface area contributed by atoms with Crippen LogP contribution in [0.4, 0.5) is 0 Å². The molecule has 1 amide bonds. The van der Waals surface area contributed by atoms with Crippen LogP contribution in [0.25, 0.3) is 11.0 Å². The first-order valence-corrected chi connectivity index (χ1v) is 7.80. The molecule has 0 aliphatic carbocycles. The summed E-state index contributed by atoms with van der Waals surface area (Å²) in [5.74, 6) is 0.180. The van der Waals surface area contributed by atoms with Gasteiger partial charge < -0.3 is 10.1 Å². The fourth-order valence-electron chi connectivity index (χ4n) is 2.41. The molecule has 9 heteroatoms. The van der Waals surface area contributed by atoms with E-state index in [0.29, 0.717) is 23.5 Å². The second-order valence-electron chi connectivity index (χ2n) is 5.36. The van der Waals surface area contributed by atoms with E-state index in [0.717, 1.165) is 5.56 Å². The molecule has 0 unspecified atom stereocenters. The summed E-state index contributed by atoms with van der Waals surface area (Å²) in [4.78, 5) is 32.8. The first-order valence-electron chi connectivity index (χ1n) is 7.80. The van der Waals surface area contributed by atoms with Crippen molar-refractivity contribution in [3.8, 4) is 5.88 Å². The van der Waals surface area contributed by atoms with Gasteiger partial charge in [-0.2, -0.15) is 5.10 Å². The second kappa shape index (κ2) is 7.12. The van der Waals surface area contributed by atoms with Gasteiger partial charge in [-0.1, -0.05) is 6.07 Å². The Morgan fingerprint density at radius 2 is 2.20 bits per heavy atom. The second-order valence-corrected chi connectivity index (χ2v) is 5.36. The summed E-state index contributed by atoms with van der Waals surface area (Å²) in [5.41, 5.74) is 0.953. The molecule has 3 heterocycles. The molecule has 3 aromatic rings. The summed E-state index contributed by atoms with van der Waals surface area (Å²) in [6.07, 6.45) is 4.43. The van der Waals surface area contributed by atoms with Crippen molar-refractivity contribution >= 4 is 16.9 Å². The molecule has 0 radical (unpaired) electrons. The van der Waals surface area contributed by atoms with Crippen LogP contribution in [-0.4, -0.2) is 36.8 Å². The molecule has 0 atom stereocenters. The molecule has 0 aliphatic rings. The Kier molecular flexibility index (Phi) is 4.73. The van der Waals surface area contributed by atoms with Crippen LogP contribution < -0.4 is 15.6 Å². The van der Waals surface area contributed by atoms with Gasteiger partial charge in [0.2, 0.25) is 11.8 Å². The predicted octanol–water partition coefficient (Wildman–Crippen LogP) is 0.240. The Bertz CT molecular complexity index is 962. The van der Waals surface area contributed by atoms with E-state index in [1.165, 1.54) is 21.8 Å². The normalized spacial score (nSPS) is 10.8. The van der Waals surface area contributed by atoms with Gasteiger partial charge in [0, 0.05) is 25.4 Å². The van der Waals surface area contributed by atoms with Crippen LogP contribution in [0.15, 0.2) is 35.6 Å². The maximum Gasteiger partial charge on any atom is 0.264 e. The van der Waals surface area contributed by atoms with E-state index < -0.39 is 0 Å². The number of nitrogens with zero attached hydrogens (tertiary/aromatic N) is 5. The predicted molar refractivity (Wildman–Crippen MR) is 90.0 cm³/mol. The highest BCUT2D eigenvalue weighted by molar-refractivity contribution is 5.77. The third kappa shape index (κ3) is 3.49. The largest absolute Gasteiger partial charge is 0.478 e. The van der Waals surface area contributed by atoms with E-state index in [1.807, 2.05) is 13.0 Å². The SMILES string of the molecule is CCOc1ncccc1CNC(=O)Cn1cnc2c(cnn2C)c1=O. The lowest BCUT2D eigenvalue weighted by molar-refractivity contribution is -0.121. The number of ether oxygens (including phenoxy) is 1. The summed E-state index contributed by atoms with van der Waals surface area (Å²) in [6, 6.07) is 3.60. The van der Waals surface area contributed by atoms with Crippen molar-refractivity contribution < 1.29 is 9.53 Å². The molecular weight excluding hydrogens is 324 g/mol. The number of fused-ring (bicyclic) bond motifs is 1. The highest BCUT2D eigenvalue weighted by Crippen LogP contribution is 2.13. The average Bonchev–Trinajstić information content (AvgIpc) is 2.99. The Morgan fingerprint density at radius 3 is 3.00 bits per heavy atom. The van der Waals surface area contributed by atoms with Gasteiger partial charge in [-0.15, -0.1) is 0 Å². The van der Waals surface area contributed by atoms with Crippen LogP contribution in [0.1, 0.15) is 12.5 Å². The lowest BCUT2D eigenvalue weighted by Crippen LogP contribution is -2.32. The minimum atomic E-state index is -0.307. The van der Waals surface area contributed by atoms with Crippen LogP contribution in [0.5, 0.6) is 5.88 Å². The Labute approximate surface area is 143 Å². The molecule has 0 saturated heterocycles. The maximum absolute atomic E-state index is 12.4. The summed E-state index contributed by atoms with van der Waals surface area (Å²) in [7, 11) is 1.70. The molecule has 0 aromatic carbocycles. The molecule has 0 aliphatic heterocycles. The van der Waals surface area contributed by atoms with Crippen molar-refractivity contribution in [2.75, 3.05) is 6.61 Å². The lowest BCUT2D eigenvalue weighted by atomic mass is 10.2. The standard InChI is InChI=1S/C16H18N6O3/c1-3-25-15-11(5-4-6-17-15)7-18-13(23)9-22-10-19-14-12(16(22)24)8-20-21(14)2/h4-6,8,10H,3,7,9H2,1-2H3,(H,18,23). The monoisotopic (exact) mass is 342 g/mol. The van der Waals surface area contributed by atoms with Crippen LogP contribution in [0.2, 0.25) is 0 Å².